The van der Waals surface area contributed by atoms with Gasteiger partial charge in [0.1, 0.15) is 0 Å². The van der Waals surface area contributed by atoms with Gasteiger partial charge in [0.2, 0.25) is 0 Å². The number of benzene rings is 1. The van der Waals surface area contributed by atoms with E-state index >= 15 is 0 Å². The van der Waals surface area contributed by atoms with Gasteiger partial charge in [0.05, 0.1) is 0 Å². The molecule has 0 radical (unpaired) electrons. The van der Waals surface area contributed by atoms with Crippen molar-refractivity contribution in [1.82, 2.24) is 15.3 Å². The van der Waals surface area contributed by atoms with Gasteiger partial charge in [0.15, 0.2) is 5.16 Å². The Balaban J connectivity index is 2.24. The smallest absolute Gasteiger partial charge is 0.251 e. The van der Waals surface area contributed by atoms with E-state index in [4.69, 9.17) is 0 Å². The molecule has 2 N–H and O–H groups in total. The van der Waals surface area contributed by atoms with Crippen LogP contribution in [0.1, 0.15) is 19.4 Å². The summed E-state index contributed by atoms with van der Waals surface area (Å²) in [6, 6.07) is 7.96. The van der Waals surface area contributed by atoms with Crippen molar-refractivity contribution in [3.63, 3.8) is 0 Å². The fourth-order valence-electron chi connectivity index (χ4n) is 1.59. The van der Waals surface area contributed by atoms with Gasteiger partial charge in [0.25, 0.3) is 5.56 Å². The molecule has 0 aliphatic carbocycles. The van der Waals surface area contributed by atoms with Gasteiger partial charge in [-0.1, -0.05) is 47.6 Å². The second-order valence-electron chi connectivity index (χ2n) is 4.63. The Morgan fingerprint density at radius 3 is 2.90 bits per heavy atom. The highest BCUT2D eigenvalue weighted by atomic mass is 79.9. The average molecular weight is 354 g/mol. The third-order valence-electron chi connectivity index (χ3n) is 2.58. The molecule has 0 spiro atoms. The predicted molar refractivity (Wildman–Crippen MR) is 85.1 cm³/mol. The van der Waals surface area contributed by atoms with Gasteiger partial charge >= 0.3 is 0 Å². The van der Waals surface area contributed by atoms with Crippen LogP contribution in [0.4, 0.5) is 0 Å². The molecule has 20 heavy (non-hydrogen) atoms. The Hall–Kier alpha value is -1.11. The zero-order valence-corrected chi connectivity index (χ0v) is 13.7. The summed E-state index contributed by atoms with van der Waals surface area (Å²) < 4.78 is 1.01. The Kier molecular flexibility index (Phi) is 5.39. The first-order valence-corrected chi connectivity index (χ1v) is 7.90. The van der Waals surface area contributed by atoms with Crippen molar-refractivity contribution >= 4 is 27.7 Å². The van der Waals surface area contributed by atoms with Crippen LogP contribution in [0.5, 0.6) is 0 Å². The van der Waals surface area contributed by atoms with E-state index < -0.39 is 0 Å². The van der Waals surface area contributed by atoms with Crippen molar-refractivity contribution in [2.75, 3.05) is 0 Å². The number of aromatic amines is 1. The maximum Gasteiger partial charge on any atom is 0.251 e. The van der Waals surface area contributed by atoms with E-state index in [0.717, 1.165) is 15.9 Å². The molecule has 106 valence electrons. The second-order valence-corrected chi connectivity index (χ2v) is 6.58. The third kappa shape index (κ3) is 4.47. The van der Waals surface area contributed by atoms with Crippen LogP contribution in [0, 0.1) is 0 Å². The summed E-state index contributed by atoms with van der Waals surface area (Å²) in [7, 11) is 0. The zero-order chi connectivity index (χ0) is 14.5. The van der Waals surface area contributed by atoms with Crippen molar-refractivity contribution in [2.24, 2.45) is 0 Å². The first kappa shape index (κ1) is 15.3. The molecule has 4 nitrogen and oxygen atoms in total. The summed E-state index contributed by atoms with van der Waals surface area (Å²) in [6.45, 7) is 5.01. The molecular weight excluding hydrogens is 338 g/mol. The number of halogens is 1. The minimum Gasteiger partial charge on any atom is -0.310 e. The number of H-pyrrole nitrogens is 1. The Morgan fingerprint density at radius 2 is 2.20 bits per heavy atom. The zero-order valence-electron chi connectivity index (χ0n) is 11.3. The minimum absolute atomic E-state index is 0.139. The lowest BCUT2D eigenvalue weighted by molar-refractivity contribution is 0.584. The van der Waals surface area contributed by atoms with Crippen molar-refractivity contribution in [2.45, 2.75) is 36.5 Å². The SMILES string of the molecule is CC(C)NCc1ccc(Br)cc1Sc1nccc(=O)[nH]1. The summed E-state index contributed by atoms with van der Waals surface area (Å²) in [5.41, 5.74) is 1.04. The van der Waals surface area contributed by atoms with Gasteiger partial charge < -0.3 is 10.3 Å². The fourth-order valence-corrected chi connectivity index (χ4v) is 3.03. The molecule has 0 aliphatic heterocycles. The first-order chi connectivity index (χ1) is 9.54. The van der Waals surface area contributed by atoms with E-state index in [1.165, 1.54) is 29.6 Å². The van der Waals surface area contributed by atoms with Crippen LogP contribution in [0.15, 0.2) is 49.8 Å². The number of rotatable bonds is 5. The van der Waals surface area contributed by atoms with Crippen LogP contribution in [0.3, 0.4) is 0 Å². The molecule has 1 aromatic heterocycles. The van der Waals surface area contributed by atoms with Crippen molar-refractivity contribution in [3.05, 3.63) is 50.9 Å². The topological polar surface area (TPSA) is 57.8 Å². The Labute approximate surface area is 130 Å². The number of nitrogens with one attached hydrogen (secondary N) is 2. The van der Waals surface area contributed by atoms with Gasteiger partial charge in [-0.25, -0.2) is 4.98 Å². The van der Waals surface area contributed by atoms with Crippen molar-refractivity contribution in [3.8, 4) is 0 Å². The quantitative estimate of drug-likeness (QED) is 0.810. The van der Waals surface area contributed by atoms with Crippen LogP contribution in [-0.4, -0.2) is 16.0 Å². The summed E-state index contributed by atoms with van der Waals surface area (Å²) in [6.07, 6.45) is 1.52. The minimum atomic E-state index is -0.139. The van der Waals surface area contributed by atoms with Crippen LogP contribution in [0.2, 0.25) is 0 Å². The number of hydrogen-bond donors (Lipinski definition) is 2. The van der Waals surface area contributed by atoms with E-state index in [2.05, 4.69) is 51.1 Å². The van der Waals surface area contributed by atoms with E-state index in [1.807, 2.05) is 12.1 Å². The van der Waals surface area contributed by atoms with Crippen molar-refractivity contribution < 1.29 is 0 Å². The molecule has 0 amide bonds. The summed E-state index contributed by atoms with van der Waals surface area (Å²) in [5, 5.41) is 4.00. The van der Waals surface area contributed by atoms with Crippen molar-refractivity contribution in [1.29, 1.82) is 0 Å². The summed E-state index contributed by atoms with van der Waals surface area (Å²) >= 11 is 4.94. The lowest BCUT2D eigenvalue weighted by Gasteiger charge is -2.12. The van der Waals surface area contributed by atoms with Gasteiger partial charge in [-0.05, 0) is 17.7 Å². The van der Waals surface area contributed by atoms with E-state index in [0.29, 0.717) is 11.2 Å². The lowest BCUT2D eigenvalue weighted by Crippen LogP contribution is -2.22. The monoisotopic (exact) mass is 353 g/mol. The molecule has 6 heteroatoms. The fraction of sp³-hybridized carbons (Fsp3) is 0.286. The molecule has 0 atom stereocenters. The molecule has 1 aromatic carbocycles. The summed E-state index contributed by atoms with van der Waals surface area (Å²) in [5.74, 6) is 0. The molecule has 0 fully saturated rings. The highest BCUT2D eigenvalue weighted by Gasteiger charge is 2.07. The van der Waals surface area contributed by atoms with Gasteiger partial charge in [-0.3, -0.25) is 4.79 Å². The van der Waals surface area contributed by atoms with Gasteiger partial charge in [0, 0.05) is 34.2 Å². The van der Waals surface area contributed by atoms with Gasteiger partial charge in [-0.15, -0.1) is 0 Å². The normalized spacial score (nSPS) is 11.0. The average Bonchev–Trinajstić information content (AvgIpc) is 2.37. The van der Waals surface area contributed by atoms with Crippen LogP contribution in [0.25, 0.3) is 0 Å². The largest absolute Gasteiger partial charge is 0.310 e. The number of aromatic nitrogens is 2. The Morgan fingerprint density at radius 1 is 1.40 bits per heavy atom. The second kappa shape index (κ2) is 7.06. The molecule has 2 aromatic rings. The maximum atomic E-state index is 11.3. The standard InChI is InChI=1S/C14H16BrN3OS/c1-9(2)17-8-10-3-4-11(15)7-12(10)20-14-16-6-5-13(19)18-14/h3-7,9,17H,8H2,1-2H3,(H,16,18,19). The highest BCUT2D eigenvalue weighted by Crippen LogP contribution is 2.30. The maximum absolute atomic E-state index is 11.3. The van der Waals surface area contributed by atoms with E-state index in [-0.39, 0.29) is 5.56 Å². The third-order valence-corrected chi connectivity index (χ3v) is 4.08. The molecule has 0 unspecified atom stereocenters. The van der Waals surface area contributed by atoms with E-state index in [9.17, 15) is 4.79 Å². The molecule has 1 heterocycles. The molecule has 0 aliphatic rings. The van der Waals surface area contributed by atoms with Gasteiger partial charge in [-0.2, -0.15) is 0 Å². The highest BCUT2D eigenvalue weighted by molar-refractivity contribution is 9.10. The van der Waals surface area contributed by atoms with E-state index in [1.54, 1.807) is 0 Å². The molecular formula is C14H16BrN3OS. The first-order valence-electron chi connectivity index (χ1n) is 6.29. The molecule has 0 saturated carbocycles. The number of nitrogens with zero attached hydrogens (tertiary/aromatic N) is 1. The molecule has 0 bridgehead atoms. The predicted octanol–water partition coefficient (Wildman–Crippen LogP) is 3.18. The van der Waals surface area contributed by atoms with Crippen LogP contribution < -0.4 is 10.9 Å². The number of hydrogen-bond acceptors (Lipinski definition) is 4. The molecule has 2 rings (SSSR count). The van der Waals surface area contributed by atoms with Crippen LogP contribution in [-0.2, 0) is 6.54 Å². The summed E-state index contributed by atoms with van der Waals surface area (Å²) in [4.78, 5) is 19.3. The lowest BCUT2D eigenvalue weighted by atomic mass is 10.2. The Bertz CT molecular complexity index is 642. The van der Waals surface area contributed by atoms with Crippen LogP contribution >= 0.6 is 27.7 Å². The molecule has 0 saturated heterocycles.